The molecule has 2 unspecified atom stereocenters. The molecule has 1 aliphatic heterocycles. The van der Waals surface area contributed by atoms with Crippen LogP contribution in [0.15, 0.2) is 0 Å². The Labute approximate surface area is 101 Å². The van der Waals surface area contributed by atoms with Crippen molar-refractivity contribution in [3.63, 3.8) is 0 Å². The molecular formula is C13H29N3. The molecule has 0 aromatic rings. The first-order valence-electron chi connectivity index (χ1n) is 6.96. The van der Waals surface area contributed by atoms with Crippen LogP contribution in [0.4, 0.5) is 0 Å². The Morgan fingerprint density at radius 2 is 2.25 bits per heavy atom. The van der Waals surface area contributed by atoms with Gasteiger partial charge in [-0.1, -0.05) is 33.1 Å². The van der Waals surface area contributed by atoms with Crippen molar-refractivity contribution in [1.29, 1.82) is 0 Å². The van der Waals surface area contributed by atoms with Gasteiger partial charge in [0.05, 0.1) is 0 Å². The molecule has 0 aromatic heterocycles. The quantitative estimate of drug-likeness (QED) is 0.691. The van der Waals surface area contributed by atoms with E-state index in [0.717, 1.165) is 25.6 Å². The number of unbranched alkanes of at least 4 members (excludes halogenated alkanes) is 1. The number of hydrogen-bond acceptors (Lipinski definition) is 3. The third-order valence-corrected chi connectivity index (χ3v) is 3.78. The summed E-state index contributed by atoms with van der Waals surface area (Å²) < 4.78 is 0. The van der Waals surface area contributed by atoms with E-state index in [4.69, 9.17) is 5.73 Å². The summed E-state index contributed by atoms with van der Waals surface area (Å²) in [6, 6.07) is 0.560. The zero-order valence-corrected chi connectivity index (χ0v) is 11.0. The van der Waals surface area contributed by atoms with Gasteiger partial charge in [-0.3, -0.25) is 4.90 Å². The van der Waals surface area contributed by atoms with Crippen LogP contribution < -0.4 is 11.1 Å². The van der Waals surface area contributed by atoms with Crippen molar-refractivity contribution >= 4 is 0 Å². The van der Waals surface area contributed by atoms with Crippen LogP contribution >= 0.6 is 0 Å². The number of nitrogens with zero attached hydrogens (tertiary/aromatic N) is 1. The predicted octanol–water partition coefficient (Wildman–Crippen LogP) is 1.44. The van der Waals surface area contributed by atoms with Crippen molar-refractivity contribution in [3.05, 3.63) is 0 Å². The molecule has 1 saturated heterocycles. The maximum atomic E-state index is 5.83. The average molecular weight is 227 g/mol. The molecule has 0 aliphatic carbocycles. The van der Waals surface area contributed by atoms with E-state index >= 15 is 0 Å². The van der Waals surface area contributed by atoms with Crippen LogP contribution in [-0.4, -0.2) is 43.7 Å². The van der Waals surface area contributed by atoms with E-state index in [1.54, 1.807) is 0 Å². The number of nitrogens with one attached hydrogen (secondary N) is 1. The Morgan fingerprint density at radius 1 is 1.44 bits per heavy atom. The predicted molar refractivity (Wildman–Crippen MR) is 70.6 cm³/mol. The highest BCUT2D eigenvalue weighted by atomic mass is 15.2. The molecule has 0 radical (unpaired) electrons. The molecule has 0 spiro atoms. The number of piperazine rings is 1. The van der Waals surface area contributed by atoms with Crippen molar-refractivity contribution in [2.45, 2.75) is 45.6 Å². The normalized spacial score (nSPS) is 24.6. The average Bonchev–Trinajstić information content (AvgIpc) is 2.34. The first kappa shape index (κ1) is 13.9. The van der Waals surface area contributed by atoms with Crippen molar-refractivity contribution in [2.24, 2.45) is 11.7 Å². The number of rotatable bonds is 7. The molecule has 0 amide bonds. The third-order valence-electron chi connectivity index (χ3n) is 3.78. The highest BCUT2D eigenvalue weighted by molar-refractivity contribution is 4.81. The Bertz CT molecular complexity index is 173. The summed E-state index contributed by atoms with van der Waals surface area (Å²) in [6.07, 6.45) is 5.38. The van der Waals surface area contributed by atoms with E-state index in [2.05, 4.69) is 24.1 Å². The molecule has 0 saturated carbocycles. The Hall–Kier alpha value is -0.120. The summed E-state index contributed by atoms with van der Waals surface area (Å²) in [6.45, 7) is 10.0. The highest BCUT2D eigenvalue weighted by Crippen LogP contribution is 2.16. The largest absolute Gasteiger partial charge is 0.329 e. The second-order valence-electron chi connectivity index (χ2n) is 5.01. The molecule has 1 rings (SSSR count). The van der Waals surface area contributed by atoms with E-state index in [9.17, 15) is 0 Å². The maximum absolute atomic E-state index is 5.83. The zero-order chi connectivity index (χ0) is 11.8. The summed E-state index contributed by atoms with van der Waals surface area (Å²) in [5.74, 6) is 0.868. The molecule has 3 heteroatoms. The molecule has 1 heterocycles. The number of nitrogens with two attached hydrogens (primary N) is 1. The number of hydrogen-bond donors (Lipinski definition) is 2. The Kier molecular flexibility index (Phi) is 7.01. The lowest BCUT2D eigenvalue weighted by molar-refractivity contribution is 0.135. The smallest absolute Gasteiger partial charge is 0.0343 e. The molecular weight excluding hydrogens is 198 g/mol. The Balaban J connectivity index is 2.35. The van der Waals surface area contributed by atoms with Gasteiger partial charge in [-0.25, -0.2) is 0 Å². The van der Waals surface area contributed by atoms with Gasteiger partial charge in [-0.2, -0.15) is 0 Å². The summed E-state index contributed by atoms with van der Waals surface area (Å²) >= 11 is 0. The van der Waals surface area contributed by atoms with Crippen LogP contribution in [0, 0.1) is 5.92 Å². The lowest BCUT2D eigenvalue weighted by atomic mass is 9.97. The molecule has 0 aromatic carbocycles. The summed E-state index contributed by atoms with van der Waals surface area (Å²) in [5.41, 5.74) is 5.83. The fourth-order valence-electron chi connectivity index (χ4n) is 2.52. The third kappa shape index (κ3) is 4.40. The van der Waals surface area contributed by atoms with Gasteiger partial charge < -0.3 is 11.1 Å². The van der Waals surface area contributed by atoms with Gasteiger partial charge in [0.25, 0.3) is 0 Å². The lowest BCUT2D eigenvalue weighted by Gasteiger charge is -2.37. The van der Waals surface area contributed by atoms with Crippen molar-refractivity contribution in [2.75, 3.05) is 32.7 Å². The minimum Gasteiger partial charge on any atom is -0.329 e. The fraction of sp³-hybridized carbons (Fsp3) is 1.00. The Morgan fingerprint density at radius 3 is 2.88 bits per heavy atom. The second-order valence-corrected chi connectivity index (χ2v) is 5.01. The fourth-order valence-corrected chi connectivity index (χ4v) is 2.52. The zero-order valence-electron chi connectivity index (χ0n) is 11.0. The lowest BCUT2D eigenvalue weighted by Crippen LogP contribution is -2.55. The van der Waals surface area contributed by atoms with E-state index in [1.165, 1.54) is 38.8 Å². The molecule has 96 valence electrons. The summed E-state index contributed by atoms with van der Waals surface area (Å²) in [4.78, 5) is 2.60. The summed E-state index contributed by atoms with van der Waals surface area (Å²) in [7, 11) is 0. The molecule has 16 heavy (non-hydrogen) atoms. The van der Waals surface area contributed by atoms with Crippen LogP contribution in [0.3, 0.4) is 0 Å². The van der Waals surface area contributed by atoms with Crippen molar-refractivity contribution in [3.8, 4) is 0 Å². The molecule has 2 atom stereocenters. The van der Waals surface area contributed by atoms with E-state index in [-0.39, 0.29) is 0 Å². The van der Waals surface area contributed by atoms with Gasteiger partial charge in [-0.05, 0) is 12.3 Å². The van der Waals surface area contributed by atoms with Gasteiger partial charge in [-0.15, -0.1) is 0 Å². The molecule has 0 bridgehead atoms. The monoisotopic (exact) mass is 227 g/mol. The van der Waals surface area contributed by atoms with Crippen molar-refractivity contribution < 1.29 is 0 Å². The standard InChI is InChI=1S/C13H29N3/c1-3-5-6-12(4-2)11-16-8-7-15-10-13(16)9-14/h12-13,15H,3-11,14H2,1-2H3. The van der Waals surface area contributed by atoms with Crippen LogP contribution in [0.25, 0.3) is 0 Å². The van der Waals surface area contributed by atoms with Gasteiger partial charge in [0.2, 0.25) is 0 Å². The van der Waals surface area contributed by atoms with Crippen LogP contribution in [-0.2, 0) is 0 Å². The second kappa shape index (κ2) is 8.04. The van der Waals surface area contributed by atoms with Gasteiger partial charge in [0.15, 0.2) is 0 Å². The van der Waals surface area contributed by atoms with Crippen LogP contribution in [0.1, 0.15) is 39.5 Å². The maximum Gasteiger partial charge on any atom is 0.0343 e. The first-order valence-corrected chi connectivity index (χ1v) is 6.96. The van der Waals surface area contributed by atoms with Crippen LogP contribution in [0.2, 0.25) is 0 Å². The SMILES string of the molecule is CCCCC(CC)CN1CCNCC1CN. The molecule has 1 aliphatic rings. The van der Waals surface area contributed by atoms with Crippen molar-refractivity contribution in [1.82, 2.24) is 10.2 Å². The minimum atomic E-state index is 0.560. The molecule has 1 fully saturated rings. The van der Waals surface area contributed by atoms with Crippen LogP contribution in [0.5, 0.6) is 0 Å². The van der Waals surface area contributed by atoms with E-state index in [1.807, 2.05) is 0 Å². The van der Waals surface area contributed by atoms with Gasteiger partial charge >= 0.3 is 0 Å². The minimum absolute atomic E-state index is 0.560. The van der Waals surface area contributed by atoms with E-state index in [0.29, 0.717) is 6.04 Å². The topological polar surface area (TPSA) is 41.3 Å². The molecule has 3 N–H and O–H groups in total. The van der Waals surface area contributed by atoms with Gasteiger partial charge in [0, 0.05) is 38.8 Å². The first-order chi connectivity index (χ1) is 7.81. The summed E-state index contributed by atoms with van der Waals surface area (Å²) in [5, 5.41) is 3.43. The molecule has 3 nitrogen and oxygen atoms in total. The van der Waals surface area contributed by atoms with E-state index < -0.39 is 0 Å². The van der Waals surface area contributed by atoms with Gasteiger partial charge in [0.1, 0.15) is 0 Å². The highest BCUT2D eigenvalue weighted by Gasteiger charge is 2.22.